The van der Waals surface area contributed by atoms with Crippen molar-refractivity contribution in [3.8, 4) is 5.75 Å². The van der Waals surface area contributed by atoms with Crippen molar-refractivity contribution >= 4 is 17.8 Å². The van der Waals surface area contributed by atoms with Crippen molar-refractivity contribution in [3.05, 3.63) is 65.7 Å². The van der Waals surface area contributed by atoms with Crippen LogP contribution in [-0.4, -0.2) is 37.0 Å². The van der Waals surface area contributed by atoms with Gasteiger partial charge in [0.1, 0.15) is 24.4 Å². The second-order valence-electron chi connectivity index (χ2n) is 6.87. The van der Waals surface area contributed by atoms with Gasteiger partial charge in [-0.05, 0) is 29.7 Å². The third kappa shape index (κ3) is 5.81. The molecule has 0 aromatic heterocycles. The first-order chi connectivity index (χ1) is 14.0. The second kappa shape index (κ2) is 9.73. The second-order valence-corrected chi connectivity index (χ2v) is 6.87. The Balaban J connectivity index is 1.63. The molecule has 1 aliphatic heterocycles. The highest BCUT2D eigenvalue weighted by Crippen LogP contribution is 2.17. The van der Waals surface area contributed by atoms with Gasteiger partial charge in [-0.2, -0.15) is 0 Å². The average Bonchev–Trinajstić information content (AvgIpc) is 3.18. The molecule has 2 N–H and O–H groups in total. The Hall–Kier alpha value is -3.35. The highest BCUT2D eigenvalue weighted by Gasteiger charge is 2.30. The van der Waals surface area contributed by atoms with E-state index in [2.05, 4.69) is 10.6 Å². The van der Waals surface area contributed by atoms with Crippen molar-refractivity contribution in [2.45, 2.75) is 38.0 Å². The largest absolute Gasteiger partial charge is 0.489 e. The molecule has 1 aliphatic rings. The maximum atomic E-state index is 12.4. The van der Waals surface area contributed by atoms with Crippen LogP contribution in [-0.2, 0) is 32.1 Å². The molecule has 0 unspecified atom stereocenters. The molecule has 0 saturated carbocycles. The quantitative estimate of drug-likeness (QED) is 0.663. The molecule has 1 saturated heterocycles. The summed E-state index contributed by atoms with van der Waals surface area (Å²) in [7, 11) is 1.28. The Morgan fingerprint density at radius 3 is 2.59 bits per heavy atom. The van der Waals surface area contributed by atoms with Crippen molar-refractivity contribution in [2.24, 2.45) is 0 Å². The fourth-order valence-corrected chi connectivity index (χ4v) is 3.16. The number of ether oxygens (including phenoxy) is 2. The molecule has 1 heterocycles. The van der Waals surface area contributed by atoms with Crippen molar-refractivity contribution in [2.75, 3.05) is 7.11 Å². The molecule has 3 rings (SSSR count). The molecule has 2 amide bonds. The van der Waals surface area contributed by atoms with Gasteiger partial charge in [0.05, 0.1) is 7.11 Å². The van der Waals surface area contributed by atoms with Crippen molar-refractivity contribution in [1.29, 1.82) is 0 Å². The van der Waals surface area contributed by atoms with Crippen molar-refractivity contribution < 1.29 is 23.9 Å². The van der Waals surface area contributed by atoms with E-state index in [1.54, 1.807) is 0 Å². The number of benzene rings is 2. The number of amides is 2. The van der Waals surface area contributed by atoms with Gasteiger partial charge in [0.15, 0.2) is 0 Å². The zero-order chi connectivity index (χ0) is 20.6. The smallest absolute Gasteiger partial charge is 0.328 e. The number of nitrogens with one attached hydrogen (secondary N) is 2. The first-order valence-corrected chi connectivity index (χ1v) is 9.48. The zero-order valence-corrected chi connectivity index (χ0v) is 16.2. The number of esters is 1. The van der Waals surface area contributed by atoms with E-state index in [0.717, 1.165) is 11.1 Å². The van der Waals surface area contributed by atoms with Crippen molar-refractivity contribution in [1.82, 2.24) is 10.6 Å². The van der Waals surface area contributed by atoms with Crippen LogP contribution in [0.1, 0.15) is 24.0 Å². The number of hydrogen-bond donors (Lipinski definition) is 2. The van der Waals surface area contributed by atoms with Crippen LogP contribution in [0.3, 0.4) is 0 Å². The Kier molecular flexibility index (Phi) is 6.84. The van der Waals surface area contributed by atoms with Gasteiger partial charge in [-0.25, -0.2) is 4.79 Å². The molecule has 0 aliphatic carbocycles. The molecular weight excluding hydrogens is 372 g/mol. The molecule has 0 spiro atoms. The highest BCUT2D eigenvalue weighted by molar-refractivity contribution is 5.93. The van der Waals surface area contributed by atoms with Crippen LogP contribution in [0.5, 0.6) is 5.75 Å². The number of hydrogen-bond acceptors (Lipinski definition) is 5. The fourth-order valence-electron chi connectivity index (χ4n) is 3.16. The molecule has 2 atom stereocenters. The molecule has 7 nitrogen and oxygen atoms in total. The monoisotopic (exact) mass is 396 g/mol. The van der Waals surface area contributed by atoms with E-state index in [1.807, 2.05) is 54.6 Å². The summed E-state index contributed by atoms with van der Waals surface area (Å²) in [6.07, 6.45) is 0.977. The van der Waals surface area contributed by atoms with E-state index >= 15 is 0 Å². The van der Waals surface area contributed by atoms with Gasteiger partial charge >= 0.3 is 5.97 Å². The van der Waals surface area contributed by atoms with Gasteiger partial charge in [-0.1, -0.05) is 42.5 Å². The van der Waals surface area contributed by atoms with Crippen LogP contribution in [0.15, 0.2) is 54.6 Å². The molecule has 0 bridgehead atoms. The summed E-state index contributed by atoms with van der Waals surface area (Å²) in [5, 5.41) is 5.29. The fraction of sp³-hybridized carbons (Fsp3) is 0.318. The summed E-state index contributed by atoms with van der Waals surface area (Å²) >= 11 is 0. The summed E-state index contributed by atoms with van der Waals surface area (Å²) in [6.45, 7) is 0.433. The third-order valence-corrected chi connectivity index (χ3v) is 4.70. The molecular formula is C22H24N2O5. The molecule has 1 fully saturated rings. The summed E-state index contributed by atoms with van der Waals surface area (Å²) in [5.41, 5.74) is 1.87. The number of carbonyl (C=O) groups is 3. The Bertz CT molecular complexity index is 869. The predicted molar refractivity (Wildman–Crippen MR) is 106 cm³/mol. The van der Waals surface area contributed by atoms with Crippen molar-refractivity contribution in [3.63, 3.8) is 0 Å². The third-order valence-electron chi connectivity index (χ3n) is 4.70. The van der Waals surface area contributed by atoms with Crippen LogP contribution in [0.2, 0.25) is 0 Å². The van der Waals surface area contributed by atoms with E-state index in [-0.39, 0.29) is 18.2 Å². The molecule has 0 radical (unpaired) electrons. The maximum Gasteiger partial charge on any atom is 0.328 e. The Morgan fingerprint density at radius 2 is 1.90 bits per heavy atom. The van der Waals surface area contributed by atoms with Gasteiger partial charge in [0.25, 0.3) is 0 Å². The lowest BCUT2D eigenvalue weighted by molar-refractivity contribution is -0.145. The lowest BCUT2D eigenvalue weighted by Gasteiger charge is -2.19. The summed E-state index contributed by atoms with van der Waals surface area (Å²) in [5.74, 6) is -0.423. The van der Waals surface area contributed by atoms with Gasteiger partial charge in [0.2, 0.25) is 11.8 Å². The molecule has 152 valence electrons. The zero-order valence-electron chi connectivity index (χ0n) is 16.2. The number of carbonyl (C=O) groups excluding carboxylic acids is 3. The van der Waals surface area contributed by atoms with E-state index in [4.69, 9.17) is 9.47 Å². The highest BCUT2D eigenvalue weighted by atomic mass is 16.5. The van der Waals surface area contributed by atoms with E-state index < -0.39 is 18.1 Å². The summed E-state index contributed by atoms with van der Waals surface area (Å²) < 4.78 is 10.7. The summed E-state index contributed by atoms with van der Waals surface area (Å²) in [6, 6.07) is 15.7. The lowest BCUT2D eigenvalue weighted by atomic mass is 10.0. The lowest BCUT2D eigenvalue weighted by Crippen LogP contribution is -2.49. The standard InChI is InChI=1S/C22H24N2O5/c1-28-22(27)19(24-21(26)18-10-11-20(25)23-18)13-16-8-5-9-17(12-16)29-14-15-6-3-2-4-7-15/h2-9,12,18-19H,10-11,13-14H2,1H3,(H,23,25)(H,24,26)/t18-,19+/m0/s1. The van der Waals surface area contributed by atoms with E-state index in [0.29, 0.717) is 25.2 Å². The predicted octanol–water partition coefficient (Wildman–Crippen LogP) is 1.74. The Morgan fingerprint density at radius 1 is 1.14 bits per heavy atom. The summed E-state index contributed by atoms with van der Waals surface area (Å²) in [4.78, 5) is 35.9. The van der Waals surface area contributed by atoms with Crippen LogP contribution >= 0.6 is 0 Å². The van der Waals surface area contributed by atoms with Crippen LogP contribution < -0.4 is 15.4 Å². The van der Waals surface area contributed by atoms with E-state index in [1.165, 1.54) is 7.11 Å². The van der Waals surface area contributed by atoms with Gasteiger partial charge in [0, 0.05) is 12.8 Å². The maximum absolute atomic E-state index is 12.4. The van der Waals surface area contributed by atoms with Gasteiger partial charge < -0.3 is 20.1 Å². The average molecular weight is 396 g/mol. The molecule has 29 heavy (non-hydrogen) atoms. The molecule has 2 aromatic rings. The molecule has 7 heteroatoms. The van der Waals surface area contributed by atoms with Crippen LogP contribution in [0, 0.1) is 0 Å². The van der Waals surface area contributed by atoms with Gasteiger partial charge in [-0.3, -0.25) is 9.59 Å². The first kappa shape index (κ1) is 20.4. The molecule has 2 aromatic carbocycles. The minimum Gasteiger partial charge on any atom is -0.489 e. The number of rotatable bonds is 8. The minimum absolute atomic E-state index is 0.164. The topological polar surface area (TPSA) is 93.7 Å². The SMILES string of the molecule is COC(=O)[C@@H](Cc1cccc(OCc2ccccc2)c1)NC(=O)[C@@H]1CCC(=O)N1. The van der Waals surface area contributed by atoms with Gasteiger partial charge in [-0.15, -0.1) is 0 Å². The van der Waals surface area contributed by atoms with E-state index in [9.17, 15) is 14.4 Å². The van der Waals surface area contributed by atoms with Crippen LogP contribution in [0.4, 0.5) is 0 Å². The first-order valence-electron chi connectivity index (χ1n) is 9.48. The normalized spacial score (nSPS) is 16.6. The number of methoxy groups -OCH3 is 1. The Labute approximate surface area is 169 Å². The minimum atomic E-state index is -0.852. The van der Waals surface area contributed by atoms with Crippen LogP contribution in [0.25, 0.3) is 0 Å².